The summed E-state index contributed by atoms with van der Waals surface area (Å²) in [7, 11) is 0. The van der Waals surface area contributed by atoms with Crippen LogP contribution in [0.15, 0.2) is 16.5 Å². The summed E-state index contributed by atoms with van der Waals surface area (Å²) < 4.78 is 0. The van der Waals surface area contributed by atoms with Gasteiger partial charge in [-0.2, -0.15) is 0 Å². The lowest BCUT2D eigenvalue weighted by Crippen LogP contribution is -2.00. The van der Waals surface area contributed by atoms with Gasteiger partial charge in [0.25, 0.3) is 0 Å². The van der Waals surface area contributed by atoms with Gasteiger partial charge < -0.3 is 5.11 Å². The second kappa shape index (κ2) is 5.31. The maximum Gasteiger partial charge on any atom is 0.224 e. The van der Waals surface area contributed by atoms with Crippen molar-refractivity contribution in [3.05, 3.63) is 16.7 Å². The van der Waals surface area contributed by atoms with Gasteiger partial charge in [0, 0.05) is 17.2 Å². The molecule has 0 saturated heterocycles. The summed E-state index contributed by atoms with van der Waals surface area (Å²) in [6, 6.07) is 2.00. The fourth-order valence-corrected chi connectivity index (χ4v) is 3.46. The molecule has 0 fully saturated rings. The van der Waals surface area contributed by atoms with Crippen LogP contribution in [0.3, 0.4) is 0 Å². The molecular weight excluding hydrogens is 264 g/mol. The fraction of sp³-hybridized carbons (Fsp3) is 0.400. The Morgan fingerprint density at radius 3 is 3.12 bits per heavy atom. The number of hydrogen-bond donors (Lipinski definition) is 1. The number of aromatic nitrogens is 2. The van der Waals surface area contributed by atoms with E-state index in [1.54, 1.807) is 23.1 Å². The second-order valence-corrected chi connectivity index (χ2v) is 6.04. The van der Waals surface area contributed by atoms with E-state index >= 15 is 0 Å². The van der Waals surface area contributed by atoms with Crippen LogP contribution < -0.4 is 0 Å². The molecule has 86 valence electrons. The average molecular weight is 275 g/mol. The first kappa shape index (κ1) is 12.1. The highest BCUT2D eigenvalue weighted by Gasteiger charge is 2.11. The van der Waals surface area contributed by atoms with Crippen molar-refractivity contribution in [2.75, 3.05) is 6.61 Å². The first-order valence-electron chi connectivity index (χ1n) is 4.89. The van der Waals surface area contributed by atoms with E-state index in [-0.39, 0.29) is 11.9 Å². The Morgan fingerprint density at radius 2 is 2.38 bits per heavy atom. The summed E-state index contributed by atoms with van der Waals surface area (Å²) in [5.41, 5.74) is 0. The van der Waals surface area contributed by atoms with E-state index in [0.29, 0.717) is 5.25 Å². The molecule has 2 rings (SSSR count). The van der Waals surface area contributed by atoms with Crippen molar-refractivity contribution < 1.29 is 5.11 Å². The number of nitrogens with zero attached hydrogens (tertiary/aromatic N) is 2. The van der Waals surface area contributed by atoms with Gasteiger partial charge in [-0.1, -0.05) is 6.92 Å². The lowest BCUT2D eigenvalue weighted by atomic mass is 10.3. The zero-order valence-corrected chi connectivity index (χ0v) is 11.1. The zero-order valence-electron chi connectivity index (χ0n) is 8.68. The molecule has 0 aliphatic heterocycles. The predicted molar refractivity (Wildman–Crippen MR) is 69.4 cm³/mol. The topological polar surface area (TPSA) is 46.0 Å². The van der Waals surface area contributed by atoms with Gasteiger partial charge in [0.05, 0.1) is 0 Å². The molecule has 2 aromatic rings. The van der Waals surface area contributed by atoms with Crippen molar-refractivity contribution in [2.45, 2.75) is 23.6 Å². The quantitative estimate of drug-likeness (QED) is 0.528. The molecule has 0 bridgehead atoms. The Labute approximate surface area is 107 Å². The molecular formula is C10H11ClN2OS2. The third kappa shape index (κ3) is 2.66. The van der Waals surface area contributed by atoms with Gasteiger partial charge in [0.2, 0.25) is 5.28 Å². The summed E-state index contributed by atoms with van der Waals surface area (Å²) >= 11 is 9.05. The molecule has 16 heavy (non-hydrogen) atoms. The Balaban J connectivity index is 2.31. The molecule has 1 N–H and O–H groups in total. The number of thiophene rings is 1. The smallest absolute Gasteiger partial charge is 0.224 e. The standard InChI is InChI=1S/C10H11ClN2OS2/c1-6(2-4-14)16-9-7-3-5-15-8(7)12-10(11)13-9/h3,5-6,14H,2,4H2,1H3. The minimum atomic E-state index is 0.194. The minimum Gasteiger partial charge on any atom is -0.396 e. The number of rotatable bonds is 4. The molecule has 0 saturated carbocycles. The second-order valence-electron chi connectivity index (χ2n) is 3.38. The van der Waals surface area contributed by atoms with Crippen molar-refractivity contribution in [2.24, 2.45) is 0 Å². The van der Waals surface area contributed by atoms with Gasteiger partial charge in [-0.15, -0.1) is 23.1 Å². The zero-order chi connectivity index (χ0) is 11.5. The van der Waals surface area contributed by atoms with Crippen LogP contribution in [0.4, 0.5) is 0 Å². The van der Waals surface area contributed by atoms with Gasteiger partial charge in [-0.3, -0.25) is 0 Å². The maximum absolute atomic E-state index is 8.87. The molecule has 0 aliphatic carbocycles. The number of halogens is 1. The lowest BCUT2D eigenvalue weighted by molar-refractivity contribution is 0.289. The lowest BCUT2D eigenvalue weighted by Gasteiger charge is -2.09. The number of thioether (sulfide) groups is 1. The monoisotopic (exact) mass is 274 g/mol. The van der Waals surface area contributed by atoms with E-state index in [1.807, 2.05) is 11.4 Å². The summed E-state index contributed by atoms with van der Waals surface area (Å²) in [6.45, 7) is 2.26. The Bertz CT molecular complexity index is 489. The summed E-state index contributed by atoms with van der Waals surface area (Å²) in [6.07, 6.45) is 0.748. The van der Waals surface area contributed by atoms with E-state index in [9.17, 15) is 0 Å². The van der Waals surface area contributed by atoms with Crippen LogP contribution in [0.25, 0.3) is 10.2 Å². The van der Waals surface area contributed by atoms with Crippen molar-refractivity contribution in [3.8, 4) is 0 Å². The maximum atomic E-state index is 8.87. The van der Waals surface area contributed by atoms with Crippen LogP contribution in [0.2, 0.25) is 5.28 Å². The van der Waals surface area contributed by atoms with Gasteiger partial charge in [0.15, 0.2) is 0 Å². The highest BCUT2D eigenvalue weighted by Crippen LogP contribution is 2.32. The Kier molecular flexibility index (Phi) is 4.02. The molecule has 0 radical (unpaired) electrons. The molecule has 0 aliphatic rings. The molecule has 3 nitrogen and oxygen atoms in total. The molecule has 2 aromatic heterocycles. The van der Waals surface area contributed by atoms with E-state index in [2.05, 4.69) is 16.9 Å². The van der Waals surface area contributed by atoms with Crippen LogP contribution in [0.5, 0.6) is 0 Å². The normalized spacial score (nSPS) is 13.2. The Hall–Kier alpha value is -0.360. The van der Waals surface area contributed by atoms with Crippen molar-refractivity contribution in [1.29, 1.82) is 0 Å². The van der Waals surface area contributed by atoms with Crippen LogP contribution in [-0.2, 0) is 0 Å². The van der Waals surface area contributed by atoms with Gasteiger partial charge in [-0.05, 0) is 29.5 Å². The summed E-state index contributed by atoms with van der Waals surface area (Å²) in [4.78, 5) is 9.31. The average Bonchev–Trinajstić information content (AvgIpc) is 2.65. The highest BCUT2D eigenvalue weighted by atomic mass is 35.5. The summed E-state index contributed by atoms with van der Waals surface area (Å²) in [5.74, 6) is 0. The van der Waals surface area contributed by atoms with Crippen molar-refractivity contribution in [1.82, 2.24) is 9.97 Å². The number of fused-ring (bicyclic) bond motifs is 1. The molecule has 0 spiro atoms. The molecule has 6 heteroatoms. The van der Waals surface area contributed by atoms with E-state index in [1.165, 1.54) is 0 Å². The summed E-state index contributed by atoms with van der Waals surface area (Å²) in [5, 5.41) is 13.4. The number of hydrogen-bond acceptors (Lipinski definition) is 5. The first-order valence-corrected chi connectivity index (χ1v) is 7.02. The van der Waals surface area contributed by atoms with Crippen LogP contribution in [0.1, 0.15) is 13.3 Å². The third-order valence-electron chi connectivity index (χ3n) is 2.11. The molecule has 1 atom stereocenters. The molecule has 1 unspecified atom stereocenters. The molecule has 2 heterocycles. The number of aliphatic hydroxyl groups is 1. The third-order valence-corrected chi connectivity index (χ3v) is 4.26. The molecule has 0 amide bonds. The van der Waals surface area contributed by atoms with E-state index < -0.39 is 0 Å². The van der Waals surface area contributed by atoms with Crippen LogP contribution in [0, 0.1) is 0 Å². The SMILES string of the molecule is CC(CCO)Sc1nc(Cl)nc2sccc12. The largest absolute Gasteiger partial charge is 0.396 e. The van der Waals surface area contributed by atoms with Crippen LogP contribution in [-0.4, -0.2) is 26.9 Å². The number of aliphatic hydroxyl groups excluding tert-OH is 1. The first-order chi connectivity index (χ1) is 7.70. The van der Waals surface area contributed by atoms with E-state index in [4.69, 9.17) is 16.7 Å². The fourth-order valence-electron chi connectivity index (χ4n) is 1.32. The molecule has 0 aromatic carbocycles. The van der Waals surface area contributed by atoms with Gasteiger partial charge in [0.1, 0.15) is 9.86 Å². The van der Waals surface area contributed by atoms with Crippen molar-refractivity contribution >= 4 is 44.9 Å². The van der Waals surface area contributed by atoms with Crippen molar-refractivity contribution in [3.63, 3.8) is 0 Å². The highest BCUT2D eigenvalue weighted by molar-refractivity contribution is 8.00. The predicted octanol–water partition coefficient (Wildman–Crippen LogP) is 3.21. The van der Waals surface area contributed by atoms with Gasteiger partial charge in [-0.25, -0.2) is 9.97 Å². The Morgan fingerprint density at radius 1 is 1.56 bits per heavy atom. The minimum absolute atomic E-state index is 0.194. The van der Waals surface area contributed by atoms with Gasteiger partial charge >= 0.3 is 0 Å². The van der Waals surface area contributed by atoms with E-state index in [0.717, 1.165) is 21.7 Å². The van der Waals surface area contributed by atoms with Crippen LogP contribution >= 0.6 is 34.7 Å².